The third kappa shape index (κ3) is 2.13. The highest BCUT2D eigenvalue weighted by Crippen LogP contribution is 2.18. The number of nitrogens with zero attached hydrogens (tertiary/aromatic N) is 1. The van der Waals surface area contributed by atoms with Crippen molar-refractivity contribution in [1.82, 2.24) is 4.90 Å². The van der Waals surface area contributed by atoms with Crippen LogP contribution in [0, 0.1) is 0 Å². The van der Waals surface area contributed by atoms with Crippen LogP contribution in [-0.2, 0) is 4.79 Å². The fourth-order valence-corrected chi connectivity index (χ4v) is 1.78. The molecule has 70 valence electrons. The second kappa shape index (κ2) is 4.13. The lowest BCUT2D eigenvalue weighted by molar-refractivity contribution is -0.133. The molecule has 2 nitrogen and oxygen atoms in total. The molecule has 1 heterocycles. The number of amides is 1. The molecular formula is C9H16ClNO. The molecule has 0 radical (unpaired) electrons. The van der Waals surface area contributed by atoms with E-state index < -0.39 is 0 Å². The van der Waals surface area contributed by atoms with E-state index in [0.717, 1.165) is 19.4 Å². The standard InChI is InChI=1S/C9H16ClNO/c1-7-5-3-4-6-11(7)9(12)8(2)10/h7-8H,3-6H2,1-2H3/t7-,8-/m0/s1. The Labute approximate surface area is 78.9 Å². The van der Waals surface area contributed by atoms with Gasteiger partial charge in [0.1, 0.15) is 5.38 Å². The summed E-state index contributed by atoms with van der Waals surface area (Å²) in [6.07, 6.45) is 3.48. The highest BCUT2D eigenvalue weighted by molar-refractivity contribution is 6.30. The number of alkyl halides is 1. The second-order valence-corrected chi connectivity index (χ2v) is 4.15. The highest BCUT2D eigenvalue weighted by Gasteiger charge is 2.25. The molecule has 0 aromatic rings. The van der Waals surface area contributed by atoms with E-state index in [4.69, 9.17) is 11.6 Å². The Hall–Kier alpha value is -0.240. The molecule has 0 aliphatic carbocycles. The number of carbonyl (C=O) groups excluding carboxylic acids is 1. The minimum Gasteiger partial charge on any atom is -0.339 e. The topological polar surface area (TPSA) is 20.3 Å². The molecule has 1 saturated heterocycles. The monoisotopic (exact) mass is 189 g/mol. The summed E-state index contributed by atoms with van der Waals surface area (Å²) in [6, 6.07) is 0.382. The average Bonchev–Trinajstić information content (AvgIpc) is 2.04. The number of rotatable bonds is 1. The van der Waals surface area contributed by atoms with Gasteiger partial charge < -0.3 is 4.90 Å². The molecule has 1 aliphatic rings. The Kier molecular flexibility index (Phi) is 3.39. The summed E-state index contributed by atoms with van der Waals surface area (Å²) in [4.78, 5) is 13.4. The molecule has 0 saturated carbocycles. The quantitative estimate of drug-likeness (QED) is 0.578. The number of halogens is 1. The minimum atomic E-state index is -0.370. The molecule has 1 fully saturated rings. The van der Waals surface area contributed by atoms with E-state index in [1.54, 1.807) is 6.92 Å². The SMILES string of the molecule is C[C@H](Cl)C(=O)N1CCCC[C@@H]1C. The highest BCUT2D eigenvalue weighted by atomic mass is 35.5. The molecule has 0 aromatic heterocycles. The lowest BCUT2D eigenvalue weighted by Crippen LogP contribution is -2.44. The molecule has 0 spiro atoms. The molecule has 1 amide bonds. The van der Waals surface area contributed by atoms with Gasteiger partial charge in [-0.05, 0) is 33.1 Å². The Balaban J connectivity index is 2.53. The smallest absolute Gasteiger partial charge is 0.240 e. The van der Waals surface area contributed by atoms with Crippen LogP contribution in [0.1, 0.15) is 33.1 Å². The van der Waals surface area contributed by atoms with E-state index >= 15 is 0 Å². The third-order valence-electron chi connectivity index (χ3n) is 2.43. The first kappa shape index (κ1) is 9.85. The zero-order valence-electron chi connectivity index (χ0n) is 7.72. The van der Waals surface area contributed by atoms with E-state index in [0.29, 0.717) is 6.04 Å². The van der Waals surface area contributed by atoms with Crippen LogP contribution in [0.25, 0.3) is 0 Å². The lowest BCUT2D eigenvalue weighted by Gasteiger charge is -2.34. The summed E-state index contributed by atoms with van der Waals surface area (Å²) >= 11 is 5.74. The summed E-state index contributed by atoms with van der Waals surface area (Å²) in [7, 11) is 0. The second-order valence-electron chi connectivity index (χ2n) is 3.49. The van der Waals surface area contributed by atoms with Gasteiger partial charge in [-0.25, -0.2) is 0 Å². The van der Waals surface area contributed by atoms with E-state index in [1.807, 2.05) is 4.90 Å². The summed E-state index contributed by atoms with van der Waals surface area (Å²) in [5, 5.41) is -0.370. The zero-order chi connectivity index (χ0) is 9.14. The van der Waals surface area contributed by atoms with Crippen molar-refractivity contribution < 1.29 is 4.79 Å². The van der Waals surface area contributed by atoms with Gasteiger partial charge in [-0.15, -0.1) is 11.6 Å². The molecule has 1 aliphatic heterocycles. The largest absolute Gasteiger partial charge is 0.339 e. The number of carbonyl (C=O) groups is 1. The van der Waals surface area contributed by atoms with Crippen LogP contribution in [-0.4, -0.2) is 28.8 Å². The van der Waals surface area contributed by atoms with Crippen LogP contribution in [0.3, 0.4) is 0 Å². The van der Waals surface area contributed by atoms with Crippen molar-refractivity contribution in [2.24, 2.45) is 0 Å². The van der Waals surface area contributed by atoms with Crippen molar-refractivity contribution >= 4 is 17.5 Å². The summed E-state index contributed by atoms with van der Waals surface area (Å²) in [5.74, 6) is 0.0869. The number of hydrogen-bond acceptors (Lipinski definition) is 1. The molecule has 12 heavy (non-hydrogen) atoms. The number of hydrogen-bond donors (Lipinski definition) is 0. The average molecular weight is 190 g/mol. The molecule has 2 atom stereocenters. The number of likely N-dealkylation sites (tertiary alicyclic amines) is 1. The zero-order valence-corrected chi connectivity index (χ0v) is 8.47. The first-order valence-corrected chi connectivity index (χ1v) is 5.01. The van der Waals surface area contributed by atoms with E-state index in [1.165, 1.54) is 6.42 Å². The van der Waals surface area contributed by atoms with Gasteiger partial charge in [0.25, 0.3) is 0 Å². The van der Waals surface area contributed by atoms with Crippen LogP contribution >= 0.6 is 11.6 Å². The summed E-state index contributed by atoms with van der Waals surface area (Å²) in [5.41, 5.74) is 0. The summed E-state index contributed by atoms with van der Waals surface area (Å²) in [6.45, 7) is 4.72. The van der Waals surface area contributed by atoms with Crippen molar-refractivity contribution in [1.29, 1.82) is 0 Å². The fourth-order valence-electron chi connectivity index (χ4n) is 1.65. The Bertz CT molecular complexity index is 170. The molecular weight excluding hydrogens is 174 g/mol. The fraction of sp³-hybridized carbons (Fsp3) is 0.889. The van der Waals surface area contributed by atoms with Crippen molar-refractivity contribution in [2.75, 3.05) is 6.54 Å². The molecule has 0 aromatic carbocycles. The minimum absolute atomic E-state index is 0.0869. The van der Waals surface area contributed by atoms with Gasteiger partial charge in [0.2, 0.25) is 5.91 Å². The Morgan fingerprint density at radius 2 is 2.25 bits per heavy atom. The maximum absolute atomic E-state index is 11.5. The van der Waals surface area contributed by atoms with Crippen LogP contribution in [0.15, 0.2) is 0 Å². The maximum atomic E-state index is 11.5. The van der Waals surface area contributed by atoms with Crippen molar-refractivity contribution in [3.8, 4) is 0 Å². The Morgan fingerprint density at radius 1 is 1.58 bits per heavy atom. The van der Waals surface area contributed by atoms with E-state index in [9.17, 15) is 4.79 Å². The third-order valence-corrected chi connectivity index (χ3v) is 2.61. The number of piperidine rings is 1. The van der Waals surface area contributed by atoms with Gasteiger partial charge in [0.05, 0.1) is 0 Å². The molecule has 1 rings (SSSR count). The molecule has 3 heteroatoms. The molecule has 0 unspecified atom stereocenters. The van der Waals surface area contributed by atoms with Crippen LogP contribution in [0.2, 0.25) is 0 Å². The lowest BCUT2D eigenvalue weighted by atomic mass is 10.0. The molecule has 0 N–H and O–H groups in total. The first-order valence-electron chi connectivity index (χ1n) is 4.57. The molecule has 0 bridgehead atoms. The van der Waals surface area contributed by atoms with Gasteiger partial charge in [-0.1, -0.05) is 0 Å². The Morgan fingerprint density at radius 3 is 2.75 bits per heavy atom. The predicted octanol–water partition coefficient (Wildman–Crippen LogP) is 2.01. The summed E-state index contributed by atoms with van der Waals surface area (Å²) < 4.78 is 0. The van der Waals surface area contributed by atoms with E-state index in [2.05, 4.69) is 6.92 Å². The van der Waals surface area contributed by atoms with Gasteiger partial charge >= 0.3 is 0 Å². The first-order chi connectivity index (χ1) is 5.63. The van der Waals surface area contributed by atoms with Gasteiger partial charge in [0.15, 0.2) is 0 Å². The van der Waals surface area contributed by atoms with Crippen LogP contribution in [0.5, 0.6) is 0 Å². The van der Waals surface area contributed by atoms with Gasteiger partial charge in [0, 0.05) is 12.6 Å². The van der Waals surface area contributed by atoms with Crippen LogP contribution < -0.4 is 0 Å². The van der Waals surface area contributed by atoms with Crippen LogP contribution in [0.4, 0.5) is 0 Å². The van der Waals surface area contributed by atoms with Crippen molar-refractivity contribution in [2.45, 2.75) is 44.5 Å². The van der Waals surface area contributed by atoms with E-state index in [-0.39, 0.29) is 11.3 Å². The normalized spacial score (nSPS) is 26.9. The van der Waals surface area contributed by atoms with Gasteiger partial charge in [-0.2, -0.15) is 0 Å². The van der Waals surface area contributed by atoms with Crippen molar-refractivity contribution in [3.05, 3.63) is 0 Å². The van der Waals surface area contributed by atoms with Gasteiger partial charge in [-0.3, -0.25) is 4.79 Å². The van der Waals surface area contributed by atoms with Crippen molar-refractivity contribution in [3.63, 3.8) is 0 Å². The maximum Gasteiger partial charge on any atom is 0.240 e. The predicted molar refractivity (Wildman–Crippen MR) is 50.3 cm³/mol.